The highest BCUT2D eigenvalue weighted by molar-refractivity contribution is 5.99. The second-order valence-corrected chi connectivity index (χ2v) is 4.43. The van der Waals surface area contributed by atoms with Gasteiger partial charge in [0.2, 0.25) is 5.91 Å². The molecule has 0 aromatic heterocycles. The van der Waals surface area contributed by atoms with E-state index in [0.717, 1.165) is 28.1 Å². The molecule has 1 amide bonds. The maximum atomic E-state index is 11.3. The molecule has 2 aromatic rings. The summed E-state index contributed by atoms with van der Waals surface area (Å²) in [6.07, 6.45) is 0.481. The van der Waals surface area contributed by atoms with Crippen LogP contribution in [-0.4, -0.2) is 13.0 Å². The molecule has 0 saturated carbocycles. The molecule has 0 unspecified atom stereocenters. The van der Waals surface area contributed by atoms with Gasteiger partial charge in [0, 0.05) is 18.4 Å². The van der Waals surface area contributed by atoms with Gasteiger partial charge in [-0.15, -0.1) is 0 Å². The normalized spacial score (nSPS) is 13.1. The number of carbonyl (C=O) groups excluding carboxylic acids is 1. The third kappa shape index (κ3) is 1.84. The molecule has 3 heteroatoms. The van der Waals surface area contributed by atoms with Crippen LogP contribution in [0.4, 0.5) is 11.4 Å². The number of nitrogens with one attached hydrogen (secondary N) is 2. The first-order valence-electron chi connectivity index (χ1n) is 5.97. The summed E-state index contributed by atoms with van der Waals surface area (Å²) in [5.41, 5.74) is 5.40. The van der Waals surface area contributed by atoms with Crippen LogP contribution in [0.15, 0.2) is 42.5 Å². The van der Waals surface area contributed by atoms with E-state index in [-0.39, 0.29) is 5.91 Å². The Kier molecular flexibility index (Phi) is 2.52. The van der Waals surface area contributed by atoms with Crippen molar-refractivity contribution in [1.82, 2.24) is 0 Å². The molecule has 0 atom stereocenters. The molecule has 0 bridgehead atoms. The van der Waals surface area contributed by atoms with E-state index >= 15 is 0 Å². The molecule has 0 fully saturated rings. The Morgan fingerprint density at radius 1 is 1.11 bits per heavy atom. The summed E-state index contributed by atoms with van der Waals surface area (Å²) in [5.74, 6) is 0.0751. The van der Waals surface area contributed by atoms with Crippen molar-refractivity contribution in [1.29, 1.82) is 0 Å². The van der Waals surface area contributed by atoms with Crippen LogP contribution in [0.1, 0.15) is 5.56 Å². The number of amides is 1. The summed E-state index contributed by atoms with van der Waals surface area (Å²) in [6.45, 7) is 0. The predicted octanol–water partition coefficient (Wildman–Crippen LogP) is 2.89. The number of rotatable bonds is 2. The summed E-state index contributed by atoms with van der Waals surface area (Å²) in [4.78, 5) is 11.3. The lowest BCUT2D eigenvalue weighted by Gasteiger charge is -2.07. The highest BCUT2D eigenvalue weighted by Gasteiger charge is 2.17. The standard InChI is InChI=1S/C15H14N2O/c1-16-13-4-2-3-10(8-13)11-5-6-14-12(7-11)9-15(18)17-14/h2-8,16H,9H2,1H3,(H,17,18). The van der Waals surface area contributed by atoms with E-state index in [1.165, 1.54) is 0 Å². The van der Waals surface area contributed by atoms with Crippen LogP contribution < -0.4 is 10.6 Å². The Morgan fingerprint density at radius 3 is 2.78 bits per heavy atom. The van der Waals surface area contributed by atoms with Gasteiger partial charge >= 0.3 is 0 Å². The molecule has 0 aliphatic carbocycles. The van der Waals surface area contributed by atoms with E-state index in [2.05, 4.69) is 28.8 Å². The monoisotopic (exact) mass is 238 g/mol. The van der Waals surface area contributed by atoms with Gasteiger partial charge in [-0.25, -0.2) is 0 Å². The third-order valence-electron chi connectivity index (χ3n) is 3.21. The second kappa shape index (κ2) is 4.18. The Morgan fingerprint density at radius 2 is 1.94 bits per heavy atom. The van der Waals surface area contributed by atoms with Gasteiger partial charge in [-0.05, 0) is 41.0 Å². The zero-order valence-corrected chi connectivity index (χ0v) is 10.2. The fourth-order valence-electron chi connectivity index (χ4n) is 2.26. The van der Waals surface area contributed by atoms with Gasteiger partial charge in [-0.2, -0.15) is 0 Å². The molecule has 1 aliphatic heterocycles. The molecule has 0 spiro atoms. The van der Waals surface area contributed by atoms with Crippen LogP contribution in [0.5, 0.6) is 0 Å². The Bertz CT molecular complexity index is 620. The molecule has 90 valence electrons. The zero-order chi connectivity index (χ0) is 12.5. The van der Waals surface area contributed by atoms with E-state index in [1.54, 1.807) is 0 Å². The molecule has 18 heavy (non-hydrogen) atoms. The summed E-state index contributed by atoms with van der Waals surface area (Å²) >= 11 is 0. The van der Waals surface area contributed by atoms with Crippen LogP contribution in [0.2, 0.25) is 0 Å². The topological polar surface area (TPSA) is 41.1 Å². The molecule has 0 radical (unpaired) electrons. The summed E-state index contributed by atoms with van der Waals surface area (Å²) in [7, 11) is 1.91. The van der Waals surface area contributed by atoms with Crippen molar-refractivity contribution >= 4 is 17.3 Å². The average molecular weight is 238 g/mol. The molecular weight excluding hydrogens is 224 g/mol. The summed E-state index contributed by atoms with van der Waals surface area (Å²) in [6, 6.07) is 14.3. The smallest absolute Gasteiger partial charge is 0.228 e. The molecule has 3 rings (SSSR count). The lowest BCUT2D eigenvalue weighted by atomic mass is 10.0. The van der Waals surface area contributed by atoms with E-state index in [0.29, 0.717) is 6.42 Å². The van der Waals surface area contributed by atoms with Gasteiger partial charge in [0.1, 0.15) is 0 Å². The van der Waals surface area contributed by atoms with Crippen molar-refractivity contribution in [3.05, 3.63) is 48.0 Å². The van der Waals surface area contributed by atoms with Crippen LogP contribution >= 0.6 is 0 Å². The second-order valence-electron chi connectivity index (χ2n) is 4.43. The van der Waals surface area contributed by atoms with Crippen LogP contribution in [0.25, 0.3) is 11.1 Å². The maximum Gasteiger partial charge on any atom is 0.228 e. The Balaban J connectivity index is 2.02. The average Bonchev–Trinajstić information content (AvgIpc) is 2.77. The lowest BCUT2D eigenvalue weighted by molar-refractivity contribution is -0.115. The Hall–Kier alpha value is -2.29. The van der Waals surface area contributed by atoms with Crippen molar-refractivity contribution in [3.63, 3.8) is 0 Å². The van der Waals surface area contributed by atoms with E-state index in [4.69, 9.17) is 0 Å². The fourth-order valence-corrected chi connectivity index (χ4v) is 2.26. The van der Waals surface area contributed by atoms with E-state index < -0.39 is 0 Å². The van der Waals surface area contributed by atoms with Gasteiger partial charge in [0.25, 0.3) is 0 Å². The van der Waals surface area contributed by atoms with Crippen molar-refractivity contribution < 1.29 is 4.79 Å². The highest BCUT2D eigenvalue weighted by Crippen LogP contribution is 2.29. The number of carbonyl (C=O) groups is 1. The van der Waals surface area contributed by atoms with Crippen molar-refractivity contribution in [2.24, 2.45) is 0 Å². The molecule has 0 saturated heterocycles. The third-order valence-corrected chi connectivity index (χ3v) is 3.21. The molecule has 3 nitrogen and oxygen atoms in total. The minimum Gasteiger partial charge on any atom is -0.388 e. The van der Waals surface area contributed by atoms with Crippen molar-refractivity contribution in [2.45, 2.75) is 6.42 Å². The predicted molar refractivity (Wildman–Crippen MR) is 73.8 cm³/mol. The van der Waals surface area contributed by atoms with Crippen LogP contribution in [-0.2, 0) is 11.2 Å². The highest BCUT2D eigenvalue weighted by atomic mass is 16.1. The quantitative estimate of drug-likeness (QED) is 0.844. The first kappa shape index (κ1) is 10.8. The van der Waals surface area contributed by atoms with Crippen molar-refractivity contribution in [2.75, 3.05) is 17.7 Å². The number of anilines is 2. The minimum atomic E-state index is 0.0751. The van der Waals surface area contributed by atoms with Crippen molar-refractivity contribution in [3.8, 4) is 11.1 Å². The first-order chi connectivity index (χ1) is 8.76. The maximum absolute atomic E-state index is 11.3. The van der Waals surface area contributed by atoms with Gasteiger partial charge in [-0.1, -0.05) is 18.2 Å². The molecule has 2 aromatic carbocycles. The number of hydrogen-bond acceptors (Lipinski definition) is 2. The van der Waals surface area contributed by atoms with Crippen LogP contribution in [0.3, 0.4) is 0 Å². The van der Waals surface area contributed by atoms with E-state index in [9.17, 15) is 4.79 Å². The number of benzene rings is 2. The summed E-state index contributed by atoms with van der Waals surface area (Å²) < 4.78 is 0. The molecule has 2 N–H and O–H groups in total. The fraction of sp³-hybridized carbons (Fsp3) is 0.133. The number of hydrogen-bond donors (Lipinski definition) is 2. The lowest BCUT2D eigenvalue weighted by Crippen LogP contribution is -2.03. The molecule has 1 aliphatic rings. The van der Waals surface area contributed by atoms with Gasteiger partial charge < -0.3 is 10.6 Å². The molecular formula is C15H14N2O. The minimum absolute atomic E-state index is 0.0751. The van der Waals surface area contributed by atoms with Gasteiger partial charge in [0.15, 0.2) is 0 Å². The SMILES string of the molecule is CNc1cccc(-c2ccc3c(c2)CC(=O)N3)c1. The Labute approximate surface area is 106 Å². The molecule has 1 heterocycles. The first-order valence-corrected chi connectivity index (χ1v) is 5.97. The van der Waals surface area contributed by atoms with E-state index in [1.807, 2.05) is 31.3 Å². The summed E-state index contributed by atoms with van der Waals surface area (Å²) in [5, 5.41) is 5.98. The zero-order valence-electron chi connectivity index (χ0n) is 10.2. The van der Waals surface area contributed by atoms with Gasteiger partial charge in [0.05, 0.1) is 6.42 Å². The largest absolute Gasteiger partial charge is 0.388 e. The van der Waals surface area contributed by atoms with Gasteiger partial charge in [-0.3, -0.25) is 4.79 Å². The number of fused-ring (bicyclic) bond motifs is 1. The van der Waals surface area contributed by atoms with Crippen LogP contribution in [0, 0.1) is 0 Å².